The van der Waals surface area contributed by atoms with Gasteiger partial charge in [0.25, 0.3) is 11.8 Å². The number of thiazole rings is 1. The van der Waals surface area contributed by atoms with Gasteiger partial charge in [-0.2, -0.15) is 0 Å². The van der Waals surface area contributed by atoms with Crippen LogP contribution in [0.2, 0.25) is 0 Å². The quantitative estimate of drug-likeness (QED) is 0.561. The number of carbonyl (C=O) groups is 3. The van der Waals surface area contributed by atoms with Crippen molar-refractivity contribution in [2.75, 3.05) is 33.8 Å². The number of aromatic nitrogens is 1. The van der Waals surface area contributed by atoms with Crippen molar-refractivity contribution in [3.05, 3.63) is 28.4 Å². The van der Waals surface area contributed by atoms with Crippen LogP contribution >= 0.6 is 11.3 Å². The van der Waals surface area contributed by atoms with E-state index in [1.165, 1.54) is 18.4 Å². The van der Waals surface area contributed by atoms with Crippen LogP contribution in [0, 0.1) is 0 Å². The van der Waals surface area contributed by atoms with Crippen molar-refractivity contribution in [3.63, 3.8) is 0 Å². The van der Waals surface area contributed by atoms with Gasteiger partial charge >= 0.3 is 5.97 Å². The second-order valence-corrected chi connectivity index (χ2v) is 6.73. The van der Waals surface area contributed by atoms with E-state index in [2.05, 4.69) is 38.9 Å². The predicted molar refractivity (Wildman–Crippen MR) is 93.2 cm³/mol. The number of nitrogens with zero attached hydrogens (tertiary/aromatic N) is 2. The van der Waals surface area contributed by atoms with Crippen LogP contribution in [0.3, 0.4) is 0 Å². The molecule has 25 heavy (non-hydrogen) atoms. The summed E-state index contributed by atoms with van der Waals surface area (Å²) in [4.78, 5) is 41.6. The Balaban J connectivity index is 1.87. The minimum atomic E-state index is -0.649. The number of carbonyl (C=O) groups excluding carboxylic acids is 3. The molecule has 1 saturated heterocycles. The number of methoxy groups -OCH3 is 1. The lowest BCUT2D eigenvalue weighted by atomic mass is 9.98. The monoisotopic (exact) mass is 366 g/mol. The Morgan fingerprint density at radius 2 is 2.08 bits per heavy atom. The Hall–Kier alpha value is -2.26. The van der Waals surface area contributed by atoms with E-state index in [4.69, 9.17) is 0 Å². The third-order valence-corrected chi connectivity index (χ3v) is 4.99. The number of rotatable bonds is 6. The lowest BCUT2D eigenvalue weighted by Gasteiger charge is -2.27. The van der Waals surface area contributed by atoms with Gasteiger partial charge in [0.05, 0.1) is 17.8 Å². The first kappa shape index (κ1) is 19.1. The van der Waals surface area contributed by atoms with Crippen molar-refractivity contribution in [1.29, 1.82) is 0 Å². The molecular weight excluding hydrogens is 344 g/mol. The summed E-state index contributed by atoms with van der Waals surface area (Å²) in [6.07, 6.45) is 2.04. The van der Waals surface area contributed by atoms with Gasteiger partial charge in [-0.25, -0.2) is 4.98 Å². The summed E-state index contributed by atoms with van der Waals surface area (Å²) in [6, 6.07) is 0. The van der Waals surface area contributed by atoms with Gasteiger partial charge in [-0.1, -0.05) is 6.58 Å². The van der Waals surface area contributed by atoms with Crippen molar-refractivity contribution in [1.82, 2.24) is 20.5 Å². The second kappa shape index (κ2) is 8.72. The minimum absolute atomic E-state index is 0.150. The number of ether oxygens (including phenoxy) is 1. The molecule has 0 aliphatic carbocycles. The number of hydrogen-bond donors (Lipinski definition) is 2. The molecule has 1 aliphatic heterocycles. The lowest BCUT2D eigenvalue weighted by Crippen LogP contribution is -2.37. The molecule has 1 aromatic rings. The Labute approximate surface area is 150 Å². The van der Waals surface area contributed by atoms with E-state index < -0.39 is 17.8 Å². The molecule has 9 heteroatoms. The zero-order chi connectivity index (χ0) is 18.4. The fourth-order valence-electron chi connectivity index (χ4n) is 2.42. The molecule has 2 rings (SSSR count). The highest BCUT2D eigenvalue weighted by atomic mass is 32.1. The Kier molecular flexibility index (Phi) is 6.65. The van der Waals surface area contributed by atoms with Crippen molar-refractivity contribution in [2.45, 2.75) is 18.8 Å². The second-order valence-electron chi connectivity index (χ2n) is 5.84. The molecule has 0 saturated carbocycles. The molecule has 2 heterocycles. The molecular formula is C16H22N4O4S. The summed E-state index contributed by atoms with van der Waals surface area (Å²) < 4.78 is 4.42. The van der Waals surface area contributed by atoms with Crippen molar-refractivity contribution >= 4 is 29.1 Å². The predicted octanol–water partition coefficient (Wildman–Crippen LogP) is 0.485. The van der Waals surface area contributed by atoms with Crippen LogP contribution in [-0.2, 0) is 14.3 Å². The fraction of sp³-hybridized carbons (Fsp3) is 0.500. The summed E-state index contributed by atoms with van der Waals surface area (Å²) in [7, 11) is 3.31. The van der Waals surface area contributed by atoms with E-state index in [-0.39, 0.29) is 17.9 Å². The minimum Gasteiger partial charge on any atom is -0.468 e. The molecule has 0 atom stereocenters. The van der Waals surface area contributed by atoms with Gasteiger partial charge in [0, 0.05) is 11.3 Å². The number of amides is 2. The number of likely N-dealkylation sites (tertiary alicyclic amines) is 1. The van der Waals surface area contributed by atoms with Crippen LogP contribution in [0.1, 0.15) is 34.3 Å². The normalized spacial score (nSPS) is 15.4. The molecule has 0 spiro atoms. The van der Waals surface area contributed by atoms with Crippen LogP contribution in [0.4, 0.5) is 0 Å². The number of piperidine rings is 1. The van der Waals surface area contributed by atoms with Gasteiger partial charge in [0.2, 0.25) is 0 Å². The van der Waals surface area contributed by atoms with E-state index in [0.717, 1.165) is 30.9 Å². The van der Waals surface area contributed by atoms with E-state index in [1.807, 2.05) is 0 Å². The van der Waals surface area contributed by atoms with Crippen LogP contribution in [-0.4, -0.2) is 61.5 Å². The highest BCUT2D eigenvalue weighted by Crippen LogP contribution is 2.29. The molecule has 0 bridgehead atoms. The Morgan fingerprint density at radius 1 is 1.40 bits per heavy atom. The maximum absolute atomic E-state index is 12.2. The number of esters is 1. The third kappa shape index (κ3) is 5.36. The molecule has 2 N–H and O–H groups in total. The Morgan fingerprint density at radius 3 is 2.72 bits per heavy atom. The molecule has 1 fully saturated rings. The van der Waals surface area contributed by atoms with Gasteiger partial charge in [0.15, 0.2) is 0 Å². The van der Waals surface area contributed by atoms with Crippen LogP contribution < -0.4 is 10.6 Å². The van der Waals surface area contributed by atoms with E-state index in [9.17, 15) is 14.4 Å². The average molecular weight is 366 g/mol. The summed E-state index contributed by atoms with van der Waals surface area (Å²) >= 11 is 1.46. The summed E-state index contributed by atoms with van der Waals surface area (Å²) in [6.45, 7) is 5.25. The van der Waals surface area contributed by atoms with Crippen molar-refractivity contribution < 1.29 is 19.1 Å². The van der Waals surface area contributed by atoms with Gasteiger partial charge < -0.3 is 20.3 Å². The highest BCUT2D eigenvalue weighted by Gasteiger charge is 2.23. The summed E-state index contributed by atoms with van der Waals surface area (Å²) in [5.41, 5.74) is 0.114. The van der Waals surface area contributed by atoms with E-state index >= 15 is 0 Å². The molecule has 1 aliphatic rings. The maximum Gasteiger partial charge on any atom is 0.325 e. The molecule has 1 aromatic heterocycles. The summed E-state index contributed by atoms with van der Waals surface area (Å²) in [5, 5.41) is 7.33. The van der Waals surface area contributed by atoms with Gasteiger partial charge in [-0.3, -0.25) is 14.4 Å². The first-order valence-electron chi connectivity index (χ1n) is 7.90. The SMILES string of the molecule is C=C(NC(=O)c1csc(C2CCN(C)CC2)n1)C(=O)NCC(=O)OC. The lowest BCUT2D eigenvalue weighted by molar-refractivity contribution is -0.140. The average Bonchev–Trinajstić information content (AvgIpc) is 3.10. The smallest absolute Gasteiger partial charge is 0.325 e. The zero-order valence-corrected chi connectivity index (χ0v) is 15.1. The maximum atomic E-state index is 12.2. The van der Waals surface area contributed by atoms with Crippen LogP contribution in [0.25, 0.3) is 0 Å². The molecule has 8 nitrogen and oxygen atoms in total. The van der Waals surface area contributed by atoms with E-state index in [0.29, 0.717) is 5.92 Å². The van der Waals surface area contributed by atoms with Gasteiger partial charge in [0.1, 0.15) is 12.2 Å². The number of hydrogen-bond acceptors (Lipinski definition) is 7. The van der Waals surface area contributed by atoms with Crippen LogP contribution in [0.5, 0.6) is 0 Å². The first-order chi connectivity index (χ1) is 11.9. The third-order valence-electron chi connectivity index (χ3n) is 3.98. The largest absolute Gasteiger partial charge is 0.468 e. The summed E-state index contributed by atoms with van der Waals surface area (Å²) in [5.74, 6) is -1.36. The molecule has 0 radical (unpaired) electrons. The molecule has 2 amide bonds. The molecule has 0 unspecified atom stereocenters. The van der Waals surface area contributed by atoms with E-state index in [1.54, 1.807) is 5.38 Å². The standard InChI is InChI=1S/C16H22N4O4S/c1-10(14(22)17-8-13(21)24-3)18-15(23)12-9-25-16(19-12)11-4-6-20(2)7-5-11/h9,11H,1,4-8H2,2-3H3,(H,17,22)(H,18,23). The topological polar surface area (TPSA) is 101 Å². The van der Waals surface area contributed by atoms with Gasteiger partial charge in [-0.15, -0.1) is 11.3 Å². The molecule has 0 aromatic carbocycles. The first-order valence-corrected chi connectivity index (χ1v) is 8.78. The number of nitrogens with one attached hydrogen (secondary N) is 2. The van der Waals surface area contributed by atoms with Crippen molar-refractivity contribution in [2.24, 2.45) is 0 Å². The van der Waals surface area contributed by atoms with Crippen molar-refractivity contribution in [3.8, 4) is 0 Å². The zero-order valence-electron chi connectivity index (χ0n) is 14.3. The highest BCUT2D eigenvalue weighted by molar-refractivity contribution is 7.09. The molecule has 136 valence electrons. The Bertz CT molecular complexity index is 665. The van der Waals surface area contributed by atoms with Gasteiger partial charge in [-0.05, 0) is 33.0 Å². The van der Waals surface area contributed by atoms with Crippen LogP contribution in [0.15, 0.2) is 17.7 Å². The fourth-order valence-corrected chi connectivity index (χ4v) is 3.40.